The predicted molar refractivity (Wildman–Crippen MR) is 105 cm³/mol. The van der Waals surface area contributed by atoms with Crippen molar-refractivity contribution in [2.24, 2.45) is 4.99 Å². The maximum atomic E-state index is 10.2. The van der Waals surface area contributed by atoms with Crippen LogP contribution >= 0.6 is 24.0 Å². The van der Waals surface area contributed by atoms with Gasteiger partial charge in [0.2, 0.25) is 0 Å². The largest absolute Gasteiger partial charge is 0.388 e. The molecule has 1 saturated carbocycles. The van der Waals surface area contributed by atoms with Crippen LogP contribution in [0.15, 0.2) is 4.99 Å². The third kappa shape index (κ3) is 4.19. The Labute approximate surface area is 160 Å². The summed E-state index contributed by atoms with van der Waals surface area (Å²) in [7, 11) is 1.77. The van der Waals surface area contributed by atoms with Crippen LogP contribution < -0.4 is 10.6 Å². The first-order valence-electron chi connectivity index (χ1n) is 8.62. The molecule has 136 valence electrons. The zero-order valence-electron chi connectivity index (χ0n) is 14.7. The van der Waals surface area contributed by atoms with Gasteiger partial charge in [-0.1, -0.05) is 13.8 Å². The molecule has 1 aromatic rings. The van der Waals surface area contributed by atoms with Crippen molar-refractivity contribution in [2.75, 3.05) is 13.6 Å². The molecule has 1 atom stereocenters. The number of nitrogens with zero attached hydrogens (tertiary/aromatic N) is 4. The van der Waals surface area contributed by atoms with Gasteiger partial charge in [0.1, 0.15) is 11.6 Å². The van der Waals surface area contributed by atoms with Gasteiger partial charge in [-0.3, -0.25) is 4.99 Å². The van der Waals surface area contributed by atoms with E-state index in [1.165, 1.54) is 0 Å². The van der Waals surface area contributed by atoms with E-state index in [9.17, 15) is 5.11 Å². The Balaban J connectivity index is 0.00000208. The number of aromatic nitrogens is 3. The second-order valence-electron chi connectivity index (χ2n) is 7.12. The maximum Gasteiger partial charge on any atom is 0.191 e. The molecule has 0 spiro atoms. The van der Waals surface area contributed by atoms with E-state index in [4.69, 9.17) is 0 Å². The highest BCUT2D eigenvalue weighted by Gasteiger charge is 2.34. The van der Waals surface area contributed by atoms with E-state index >= 15 is 0 Å². The van der Waals surface area contributed by atoms with E-state index in [2.05, 4.69) is 44.2 Å². The van der Waals surface area contributed by atoms with Crippen molar-refractivity contribution < 1.29 is 5.11 Å². The van der Waals surface area contributed by atoms with E-state index in [1.807, 2.05) is 0 Å². The van der Waals surface area contributed by atoms with Gasteiger partial charge in [0, 0.05) is 38.5 Å². The van der Waals surface area contributed by atoms with E-state index in [1.54, 1.807) is 7.05 Å². The fourth-order valence-corrected chi connectivity index (χ4v) is 3.29. The van der Waals surface area contributed by atoms with Gasteiger partial charge in [0.15, 0.2) is 5.96 Å². The molecule has 0 amide bonds. The zero-order chi connectivity index (χ0) is 16.4. The number of aliphatic hydroxyl groups is 1. The highest BCUT2D eigenvalue weighted by molar-refractivity contribution is 14.0. The summed E-state index contributed by atoms with van der Waals surface area (Å²) >= 11 is 0. The van der Waals surface area contributed by atoms with Crippen LogP contribution in [-0.2, 0) is 13.0 Å². The summed E-state index contributed by atoms with van der Waals surface area (Å²) in [5.41, 5.74) is -0.545. The second kappa shape index (κ2) is 7.99. The highest BCUT2D eigenvalue weighted by atomic mass is 127. The van der Waals surface area contributed by atoms with Gasteiger partial charge in [-0.15, -0.1) is 34.2 Å². The van der Waals surface area contributed by atoms with E-state index in [-0.39, 0.29) is 24.0 Å². The molecule has 3 rings (SSSR count). The Kier molecular flexibility index (Phi) is 6.46. The lowest BCUT2D eigenvalue weighted by Gasteiger charge is -2.37. The lowest BCUT2D eigenvalue weighted by molar-refractivity contribution is -0.0279. The van der Waals surface area contributed by atoms with Gasteiger partial charge in [-0.2, -0.15) is 0 Å². The summed E-state index contributed by atoms with van der Waals surface area (Å²) in [5, 5.41) is 25.6. The molecule has 0 radical (unpaired) electrons. The zero-order valence-corrected chi connectivity index (χ0v) is 17.1. The van der Waals surface area contributed by atoms with Crippen LogP contribution in [0.2, 0.25) is 0 Å². The minimum atomic E-state index is -0.545. The van der Waals surface area contributed by atoms with Crippen LogP contribution in [0.1, 0.15) is 57.1 Å². The van der Waals surface area contributed by atoms with Crippen molar-refractivity contribution in [3.8, 4) is 0 Å². The molecule has 0 aromatic carbocycles. The van der Waals surface area contributed by atoms with E-state index < -0.39 is 5.60 Å². The first-order valence-corrected chi connectivity index (χ1v) is 8.62. The fourth-order valence-electron chi connectivity index (χ4n) is 3.29. The Bertz CT molecular complexity index is 581. The van der Waals surface area contributed by atoms with Gasteiger partial charge < -0.3 is 20.3 Å². The molecular formula is C16H29IN6O. The third-order valence-electron chi connectivity index (χ3n) is 4.93. The van der Waals surface area contributed by atoms with Gasteiger partial charge in [0.05, 0.1) is 5.60 Å². The van der Waals surface area contributed by atoms with Crippen LogP contribution in [0.5, 0.6) is 0 Å². The standard InChI is InChI=1S/C16H28N6O.HI/c1-11(2)14-21-20-13-6-5-12(9-22(13)14)19-15(17-3)18-10-16(23)7-4-8-16;/h11-12,23H,4-10H2,1-3H3,(H2,17,18,19);1H. The molecule has 1 aliphatic carbocycles. The molecule has 1 unspecified atom stereocenters. The number of fused-ring (bicyclic) bond motifs is 1. The van der Waals surface area contributed by atoms with E-state index in [0.29, 0.717) is 18.5 Å². The minimum Gasteiger partial charge on any atom is -0.388 e. The molecular weight excluding hydrogens is 419 g/mol. The lowest BCUT2D eigenvalue weighted by Crippen LogP contribution is -2.53. The quantitative estimate of drug-likeness (QED) is 0.369. The normalized spacial score (nSPS) is 22.4. The summed E-state index contributed by atoms with van der Waals surface area (Å²) in [5.74, 6) is 3.27. The monoisotopic (exact) mass is 448 g/mol. The Morgan fingerprint density at radius 3 is 2.75 bits per heavy atom. The molecule has 7 nitrogen and oxygen atoms in total. The van der Waals surface area contributed by atoms with Crippen molar-refractivity contribution in [3.63, 3.8) is 0 Å². The Hall–Kier alpha value is -0.900. The lowest BCUT2D eigenvalue weighted by atomic mass is 9.80. The molecule has 0 bridgehead atoms. The van der Waals surface area contributed by atoms with Crippen LogP contribution in [0.3, 0.4) is 0 Å². The molecule has 8 heteroatoms. The van der Waals surface area contributed by atoms with Crippen LogP contribution in [0.4, 0.5) is 0 Å². The molecule has 1 aromatic heterocycles. The van der Waals surface area contributed by atoms with Gasteiger partial charge in [-0.05, 0) is 25.7 Å². The molecule has 2 heterocycles. The van der Waals surface area contributed by atoms with E-state index in [0.717, 1.165) is 56.3 Å². The average Bonchev–Trinajstić information content (AvgIpc) is 2.92. The maximum absolute atomic E-state index is 10.2. The van der Waals surface area contributed by atoms with Gasteiger partial charge >= 0.3 is 0 Å². The molecule has 1 fully saturated rings. The second-order valence-corrected chi connectivity index (χ2v) is 7.12. The minimum absolute atomic E-state index is 0. The SMILES string of the molecule is CN=C(NCC1(O)CCC1)NC1CCc2nnc(C(C)C)n2C1.I. The first-order chi connectivity index (χ1) is 11.0. The summed E-state index contributed by atoms with van der Waals surface area (Å²) in [6.45, 7) is 5.72. The smallest absolute Gasteiger partial charge is 0.191 e. The topological polar surface area (TPSA) is 87.4 Å². The molecule has 2 aliphatic rings. The van der Waals surface area contributed by atoms with Crippen LogP contribution in [0, 0.1) is 0 Å². The number of halogens is 1. The summed E-state index contributed by atoms with van der Waals surface area (Å²) < 4.78 is 2.23. The number of hydrogen-bond donors (Lipinski definition) is 3. The molecule has 24 heavy (non-hydrogen) atoms. The van der Waals surface area contributed by atoms with Gasteiger partial charge in [-0.25, -0.2) is 0 Å². The average molecular weight is 448 g/mol. The molecule has 1 aliphatic heterocycles. The number of aryl methyl sites for hydroxylation is 1. The van der Waals surface area contributed by atoms with Crippen LogP contribution in [0.25, 0.3) is 0 Å². The number of rotatable bonds is 4. The highest BCUT2D eigenvalue weighted by Crippen LogP contribution is 2.30. The van der Waals surface area contributed by atoms with Gasteiger partial charge in [0.25, 0.3) is 0 Å². The summed E-state index contributed by atoms with van der Waals surface area (Å²) in [6, 6.07) is 0.304. The number of guanidine groups is 1. The molecule has 0 saturated heterocycles. The van der Waals surface area contributed by atoms with Crippen molar-refractivity contribution >= 4 is 29.9 Å². The number of hydrogen-bond acceptors (Lipinski definition) is 4. The number of nitrogens with one attached hydrogen (secondary N) is 2. The predicted octanol–water partition coefficient (Wildman–Crippen LogP) is 1.41. The molecule has 3 N–H and O–H groups in total. The summed E-state index contributed by atoms with van der Waals surface area (Å²) in [6.07, 6.45) is 4.81. The van der Waals surface area contributed by atoms with Crippen molar-refractivity contribution in [2.45, 2.75) is 70.1 Å². The first kappa shape index (κ1) is 19.4. The number of aliphatic imine (C=N–C) groups is 1. The summed E-state index contributed by atoms with van der Waals surface area (Å²) in [4.78, 5) is 4.29. The van der Waals surface area contributed by atoms with Crippen molar-refractivity contribution in [1.29, 1.82) is 0 Å². The third-order valence-corrected chi connectivity index (χ3v) is 4.93. The Morgan fingerprint density at radius 2 is 2.17 bits per heavy atom. The van der Waals surface area contributed by atoms with Crippen molar-refractivity contribution in [1.82, 2.24) is 25.4 Å². The van der Waals surface area contributed by atoms with Crippen molar-refractivity contribution in [3.05, 3.63) is 11.6 Å². The Morgan fingerprint density at radius 1 is 1.42 bits per heavy atom. The van der Waals surface area contributed by atoms with Crippen LogP contribution in [-0.4, -0.2) is 51.1 Å². The fraction of sp³-hybridized carbons (Fsp3) is 0.812.